The third-order valence-electron chi connectivity index (χ3n) is 1.47. The molecule has 0 aromatic heterocycles. The number of aliphatic hydroxyl groups is 2. The van der Waals surface area contributed by atoms with Crippen molar-refractivity contribution in [2.24, 2.45) is 5.73 Å². The Morgan fingerprint density at radius 2 is 1.20 bits per heavy atom. The minimum absolute atomic E-state index is 0.0628. The number of carbonyl (C=O) groups is 3. The van der Waals surface area contributed by atoms with Gasteiger partial charge in [-0.1, -0.05) is 0 Å². The predicted molar refractivity (Wildman–Crippen MR) is 69.2 cm³/mol. The van der Waals surface area contributed by atoms with Crippen molar-refractivity contribution in [2.45, 2.75) is 38.7 Å². The molecule has 0 amide bonds. The predicted octanol–water partition coefficient (Wildman–Crippen LogP) is -0.895. The van der Waals surface area contributed by atoms with Crippen LogP contribution in [0.2, 0.25) is 0 Å². The summed E-state index contributed by atoms with van der Waals surface area (Å²) in [5, 5.41) is 39.9. The molecule has 0 rings (SSSR count). The maximum absolute atomic E-state index is 9.90. The van der Waals surface area contributed by atoms with Crippen molar-refractivity contribution in [3.05, 3.63) is 0 Å². The molecule has 120 valence electrons. The molecule has 0 bridgehead atoms. The molecule has 0 fully saturated rings. The van der Waals surface area contributed by atoms with E-state index in [0.29, 0.717) is 12.8 Å². The van der Waals surface area contributed by atoms with Crippen LogP contribution in [0.15, 0.2) is 0 Å². The van der Waals surface area contributed by atoms with Crippen LogP contribution < -0.4 is 5.73 Å². The zero-order valence-corrected chi connectivity index (χ0v) is 11.4. The quantitative estimate of drug-likeness (QED) is 0.325. The lowest BCUT2D eigenvalue weighted by atomic mass is 10.2. The molecule has 7 N–H and O–H groups in total. The van der Waals surface area contributed by atoms with Gasteiger partial charge in [0.1, 0.15) is 0 Å². The largest absolute Gasteiger partial charge is 0.481 e. The van der Waals surface area contributed by atoms with Crippen LogP contribution in [0.4, 0.5) is 0 Å². The van der Waals surface area contributed by atoms with E-state index in [0.717, 1.165) is 0 Å². The molecule has 20 heavy (non-hydrogen) atoms. The summed E-state index contributed by atoms with van der Waals surface area (Å²) in [6, 6.07) is 0. The Morgan fingerprint density at radius 1 is 0.950 bits per heavy atom. The van der Waals surface area contributed by atoms with Gasteiger partial charge >= 0.3 is 17.9 Å². The number of rotatable bonds is 7. The fraction of sp³-hybridized carbons (Fsp3) is 0.727. The van der Waals surface area contributed by atoms with Crippen molar-refractivity contribution in [3.8, 4) is 0 Å². The van der Waals surface area contributed by atoms with Crippen molar-refractivity contribution in [2.75, 3.05) is 13.2 Å². The van der Waals surface area contributed by atoms with Crippen molar-refractivity contribution in [1.82, 2.24) is 0 Å². The highest BCUT2D eigenvalue weighted by Crippen LogP contribution is 1.98. The SMILES string of the molecule is CC(O)CO.NCC(=O)O.O=C(O)CCCCC(=O)O. The van der Waals surface area contributed by atoms with Crippen LogP contribution in [-0.4, -0.2) is 62.7 Å². The van der Waals surface area contributed by atoms with Crippen LogP contribution in [0.5, 0.6) is 0 Å². The number of aliphatic carboxylic acids is 3. The third kappa shape index (κ3) is 44.1. The average Bonchev–Trinajstić information content (AvgIpc) is 2.35. The van der Waals surface area contributed by atoms with Gasteiger partial charge in [0.2, 0.25) is 0 Å². The van der Waals surface area contributed by atoms with Gasteiger partial charge in [-0.25, -0.2) is 0 Å². The van der Waals surface area contributed by atoms with Crippen molar-refractivity contribution in [3.63, 3.8) is 0 Å². The van der Waals surface area contributed by atoms with E-state index in [4.69, 9.17) is 25.5 Å². The number of hydrogen-bond donors (Lipinski definition) is 6. The van der Waals surface area contributed by atoms with Crippen LogP contribution in [-0.2, 0) is 14.4 Å². The second kappa shape index (κ2) is 17.3. The van der Waals surface area contributed by atoms with Crippen molar-refractivity contribution >= 4 is 17.9 Å². The molecule has 9 nitrogen and oxygen atoms in total. The lowest BCUT2D eigenvalue weighted by molar-refractivity contribution is -0.139. The number of aliphatic hydroxyl groups excluding tert-OH is 2. The first-order valence-corrected chi connectivity index (χ1v) is 5.81. The Labute approximate surface area is 116 Å². The van der Waals surface area contributed by atoms with E-state index in [1.54, 1.807) is 0 Å². The molecule has 0 saturated heterocycles. The summed E-state index contributed by atoms with van der Waals surface area (Å²) in [4.78, 5) is 29.0. The van der Waals surface area contributed by atoms with Gasteiger partial charge in [-0.15, -0.1) is 0 Å². The van der Waals surface area contributed by atoms with Gasteiger partial charge in [0.15, 0.2) is 0 Å². The van der Waals surface area contributed by atoms with Crippen LogP contribution in [0.3, 0.4) is 0 Å². The summed E-state index contributed by atoms with van der Waals surface area (Å²) >= 11 is 0. The maximum Gasteiger partial charge on any atom is 0.317 e. The molecule has 1 atom stereocenters. The summed E-state index contributed by atoms with van der Waals surface area (Å²) in [7, 11) is 0. The van der Waals surface area contributed by atoms with Crippen LogP contribution in [0.25, 0.3) is 0 Å². The van der Waals surface area contributed by atoms with E-state index in [-0.39, 0.29) is 26.0 Å². The van der Waals surface area contributed by atoms with Crippen molar-refractivity contribution < 1.29 is 39.9 Å². The number of carboxylic acid groups (broad SMARTS) is 3. The first-order valence-electron chi connectivity index (χ1n) is 5.81. The first kappa shape index (κ1) is 23.4. The van der Waals surface area contributed by atoms with E-state index >= 15 is 0 Å². The average molecular weight is 297 g/mol. The highest BCUT2D eigenvalue weighted by atomic mass is 16.4. The van der Waals surface area contributed by atoms with E-state index < -0.39 is 24.0 Å². The maximum atomic E-state index is 9.90. The molecule has 0 aliphatic carbocycles. The highest BCUT2D eigenvalue weighted by Gasteiger charge is 1.99. The van der Waals surface area contributed by atoms with Gasteiger partial charge in [-0.2, -0.15) is 0 Å². The lowest BCUT2D eigenvalue weighted by Crippen LogP contribution is -2.10. The van der Waals surface area contributed by atoms with Gasteiger partial charge in [0.25, 0.3) is 0 Å². The number of unbranched alkanes of at least 4 members (excludes halogenated alkanes) is 1. The summed E-state index contributed by atoms with van der Waals surface area (Å²) in [6.45, 7) is 1.11. The van der Waals surface area contributed by atoms with Crippen molar-refractivity contribution in [1.29, 1.82) is 0 Å². The van der Waals surface area contributed by atoms with E-state index in [9.17, 15) is 14.4 Å². The van der Waals surface area contributed by atoms with E-state index in [1.807, 2.05) is 0 Å². The molecule has 0 aromatic carbocycles. The molecule has 0 aliphatic heterocycles. The summed E-state index contributed by atoms with van der Waals surface area (Å²) < 4.78 is 0. The molecule has 0 heterocycles. The van der Waals surface area contributed by atoms with Crippen LogP contribution >= 0.6 is 0 Å². The van der Waals surface area contributed by atoms with Crippen LogP contribution in [0.1, 0.15) is 32.6 Å². The molecule has 0 spiro atoms. The lowest BCUT2D eigenvalue weighted by Gasteiger charge is -1.92. The Bertz CT molecular complexity index is 251. The zero-order chi connectivity index (χ0) is 16.6. The Kier molecular flexibility index (Phi) is 20.2. The molecular formula is C11H23NO8. The molecule has 0 radical (unpaired) electrons. The second-order valence-electron chi connectivity index (χ2n) is 3.62. The number of carboxylic acids is 3. The summed E-state index contributed by atoms with van der Waals surface area (Å²) in [5.41, 5.74) is 4.57. The van der Waals surface area contributed by atoms with Gasteiger partial charge in [-0.3, -0.25) is 14.4 Å². The minimum atomic E-state index is -0.968. The molecular weight excluding hydrogens is 274 g/mol. The second-order valence-corrected chi connectivity index (χ2v) is 3.62. The van der Waals surface area contributed by atoms with E-state index in [1.165, 1.54) is 6.92 Å². The normalized spacial score (nSPS) is 10.2. The topological polar surface area (TPSA) is 178 Å². The first-order chi connectivity index (χ1) is 9.17. The van der Waals surface area contributed by atoms with Gasteiger partial charge in [0, 0.05) is 12.8 Å². The standard InChI is InChI=1S/C6H10O4.C3H8O2.C2H5NO2/c7-5(8)3-1-2-4-6(9)10;1-3(5)2-4;3-1-2(4)5/h1-4H2,(H,7,8)(H,9,10);3-5H,2H2,1H3;1,3H2,(H,4,5). The number of hydrogen-bond acceptors (Lipinski definition) is 6. The third-order valence-corrected chi connectivity index (χ3v) is 1.47. The molecule has 9 heteroatoms. The molecule has 0 aromatic rings. The van der Waals surface area contributed by atoms with E-state index in [2.05, 4.69) is 5.73 Å². The fourth-order valence-electron chi connectivity index (χ4n) is 0.552. The summed E-state index contributed by atoms with van der Waals surface area (Å²) in [6.07, 6.45) is 0.457. The Balaban J connectivity index is -0.000000244. The monoisotopic (exact) mass is 297 g/mol. The zero-order valence-electron chi connectivity index (χ0n) is 11.4. The van der Waals surface area contributed by atoms with Gasteiger partial charge < -0.3 is 31.3 Å². The molecule has 1 unspecified atom stereocenters. The number of nitrogens with two attached hydrogens (primary N) is 1. The van der Waals surface area contributed by atoms with Gasteiger partial charge in [-0.05, 0) is 19.8 Å². The Morgan fingerprint density at radius 3 is 1.30 bits per heavy atom. The smallest absolute Gasteiger partial charge is 0.317 e. The molecule has 0 aliphatic rings. The minimum Gasteiger partial charge on any atom is -0.481 e. The Hall–Kier alpha value is -1.71. The fourth-order valence-corrected chi connectivity index (χ4v) is 0.552. The highest BCUT2D eigenvalue weighted by molar-refractivity contribution is 5.68. The van der Waals surface area contributed by atoms with Crippen LogP contribution in [0, 0.1) is 0 Å². The van der Waals surface area contributed by atoms with Gasteiger partial charge in [0.05, 0.1) is 19.3 Å². The molecule has 0 saturated carbocycles. The summed E-state index contributed by atoms with van der Waals surface area (Å²) in [5.74, 6) is -2.71.